The molecule has 0 saturated heterocycles. The van der Waals surface area contributed by atoms with Gasteiger partial charge < -0.3 is 19.3 Å². The van der Waals surface area contributed by atoms with Gasteiger partial charge in [-0.3, -0.25) is 14.4 Å². The first-order valence-electron chi connectivity index (χ1n) is 21.2. The van der Waals surface area contributed by atoms with Gasteiger partial charge >= 0.3 is 11.9 Å². The van der Waals surface area contributed by atoms with Gasteiger partial charge in [-0.2, -0.15) is 11.8 Å². The van der Waals surface area contributed by atoms with Gasteiger partial charge in [0.15, 0.2) is 0 Å². The first kappa shape index (κ1) is 49.2. The first-order valence-corrected chi connectivity index (χ1v) is 22.3. The minimum Gasteiger partial charge on any atom is -0.466 e. The molecule has 7 nitrogen and oxygen atoms in total. The van der Waals surface area contributed by atoms with Gasteiger partial charge in [0.1, 0.15) is 0 Å². The number of ether oxygens (including phenoxy) is 2. The molecule has 0 radical (unpaired) electrons. The second kappa shape index (κ2) is 39.4. The highest BCUT2D eigenvalue weighted by Gasteiger charge is 2.13. The van der Waals surface area contributed by atoms with E-state index in [1.54, 1.807) is 11.8 Å². The summed E-state index contributed by atoms with van der Waals surface area (Å²) in [6, 6.07) is 0. The Bertz CT molecular complexity index is 809. The summed E-state index contributed by atoms with van der Waals surface area (Å²) in [5.41, 5.74) is 0. The molecule has 0 aliphatic heterocycles. The van der Waals surface area contributed by atoms with Crippen molar-refractivity contribution in [3.8, 4) is 0 Å². The average molecular weight is 737 g/mol. The molecule has 0 fully saturated rings. The number of hydrogen-bond donors (Lipinski definition) is 0. The van der Waals surface area contributed by atoms with Crippen molar-refractivity contribution in [3.05, 3.63) is 24.3 Å². The van der Waals surface area contributed by atoms with Crippen molar-refractivity contribution in [2.75, 3.05) is 57.4 Å². The summed E-state index contributed by atoms with van der Waals surface area (Å²) in [5, 5.41) is 0. The van der Waals surface area contributed by atoms with Crippen LogP contribution in [0.2, 0.25) is 0 Å². The third-order valence-electron chi connectivity index (χ3n) is 9.22. The van der Waals surface area contributed by atoms with Crippen LogP contribution < -0.4 is 0 Å². The van der Waals surface area contributed by atoms with Gasteiger partial charge in [0, 0.05) is 25.9 Å². The zero-order chi connectivity index (χ0) is 37.5. The predicted octanol–water partition coefficient (Wildman–Crippen LogP) is 11.1. The minimum absolute atomic E-state index is 0.105. The van der Waals surface area contributed by atoms with Crippen molar-refractivity contribution < 1.29 is 23.9 Å². The Balaban J connectivity index is 4.27. The van der Waals surface area contributed by atoms with E-state index in [1.807, 2.05) is 0 Å². The van der Waals surface area contributed by atoms with Gasteiger partial charge in [-0.1, -0.05) is 103 Å². The molecule has 51 heavy (non-hydrogen) atoms. The number of amides is 1. The topological polar surface area (TPSA) is 76.1 Å². The number of unbranched alkanes of at least 4 members (excludes halogenated alkanes) is 14. The van der Waals surface area contributed by atoms with Gasteiger partial charge in [-0.05, 0) is 109 Å². The molecule has 0 aliphatic rings. The normalized spacial score (nSPS) is 11.6. The lowest BCUT2D eigenvalue weighted by atomic mass is 10.1. The monoisotopic (exact) mass is 737 g/mol. The van der Waals surface area contributed by atoms with Crippen LogP contribution in [0, 0.1) is 0 Å². The molecular weight excluding hydrogens is 657 g/mol. The average Bonchev–Trinajstić information content (AvgIpc) is 3.13. The Morgan fingerprint density at radius 3 is 1.43 bits per heavy atom. The maximum absolute atomic E-state index is 13.2. The lowest BCUT2D eigenvalue weighted by Crippen LogP contribution is -2.34. The molecule has 0 aliphatic carbocycles. The largest absolute Gasteiger partial charge is 0.466 e. The van der Waals surface area contributed by atoms with Crippen LogP contribution in [0.3, 0.4) is 0 Å². The molecule has 0 aromatic rings. The molecule has 0 heterocycles. The highest BCUT2D eigenvalue weighted by molar-refractivity contribution is 7.99. The summed E-state index contributed by atoms with van der Waals surface area (Å²) in [6.45, 7) is 14.6. The number of hydrogen-bond acceptors (Lipinski definition) is 7. The molecule has 8 heteroatoms. The van der Waals surface area contributed by atoms with Gasteiger partial charge in [-0.15, -0.1) is 0 Å². The van der Waals surface area contributed by atoms with E-state index in [1.165, 1.54) is 51.4 Å². The fourth-order valence-electron chi connectivity index (χ4n) is 5.83. The third-order valence-corrected chi connectivity index (χ3v) is 10.2. The van der Waals surface area contributed by atoms with Crippen LogP contribution in [0.15, 0.2) is 24.3 Å². The summed E-state index contributed by atoms with van der Waals surface area (Å²) >= 11 is 1.76. The molecule has 0 spiro atoms. The van der Waals surface area contributed by atoms with Crippen molar-refractivity contribution >= 4 is 29.6 Å². The quantitative estimate of drug-likeness (QED) is 0.0355. The molecule has 0 atom stereocenters. The lowest BCUT2D eigenvalue weighted by Gasteiger charge is -2.23. The number of carbonyl (C=O) groups excluding carboxylic acids is 3. The molecule has 1 amide bonds. The molecule has 0 N–H and O–H groups in total. The van der Waals surface area contributed by atoms with Crippen LogP contribution in [0.4, 0.5) is 0 Å². The highest BCUT2D eigenvalue weighted by Crippen LogP contribution is 2.12. The number of rotatable bonds is 38. The van der Waals surface area contributed by atoms with E-state index < -0.39 is 0 Å². The van der Waals surface area contributed by atoms with E-state index >= 15 is 0 Å². The molecule has 298 valence electrons. The van der Waals surface area contributed by atoms with Crippen molar-refractivity contribution in [1.29, 1.82) is 0 Å². The van der Waals surface area contributed by atoms with Crippen LogP contribution in [0.5, 0.6) is 0 Å². The second-order valence-corrected chi connectivity index (χ2v) is 14.9. The van der Waals surface area contributed by atoms with Crippen molar-refractivity contribution in [2.45, 2.75) is 175 Å². The van der Waals surface area contributed by atoms with Gasteiger partial charge in [0.05, 0.1) is 19.0 Å². The van der Waals surface area contributed by atoms with E-state index in [9.17, 15) is 14.4 Å². The molecule has 0 bridgehead atoms. The van der Waals surface area contributed by atoms with Gasteiger partial charge in [0.2, 0.25) is 5.91 Å². The van der Waals surface area contributed by atoms with E-state index in [-0.39, 0.29) is 17.8 Å². The van der Waals surface area contributed by atoms with E-state index in [2.05, 4.69) is 61.8 Å². The summed E-state index contributed by atoms with van der Waals surface area (Å²) in [7, 11) is 0. The zero-order valence-corrected chi connectivity index (χ0v) is 34.6. The summed E-state index contributed by atoms with van der Waals surface area (Å²) < 4.78 is 10.9. The van der Waals surface area contributed by atoms with E-state index in [0.29, 0.717) is 31.8 Å². The van der Waals surface area contributed by atoms with Crippen LogP contribution in [-0.2, 0) is 23.9 Å². The Labute approximate surface area is 319 Å². The van der Waals surface area contributed by atoms with Crippen LogP contribution in [-0.4, -0.2) is 85.1 Å². The Hall–Kier alpha value is -1.80. The lowest BCUT2D eigenvalue weighted by molar-refractivity contribution is -0.144. The Morgan fingerprint density at radius 1 is 0.510 bits per heavy atom. The van der Waals surface area contributed by atoms with Gasteiger partial charge in [-0.25, -0.2) is 0 Å². The predicted molar refractivity (Wildman–Crippen MR) is 219 cm³/mol. The molecular formula is C43H80N2O5S. The molecule has 0 saturated carbocycles. The minimum atomic E-state index is -0.105. The van der Waals surface area contributed by atoms with Crippen molar-refractivity contribution in [2.24, 2.45) is 0 Å². The zero-order valence-electron chi connectivity index (χ0n) is 33.8. The highest BCUT2D eigenvalue weighted by atomic mass is 32.2. The van der Waals surface area contributed by atoms with Crippen molar-refractivity contribution in [3.63, 3.8) is 0 Å². The number of allylic oxidation sites excluding steroid dienone is 4. The van der Waals surface area contributed by atoms with Crippen LogP contribution in [0.25, 0.3) is 0 Å². The fourth-order valence-corrected chi connectivity index (χ4v) is 6.66. The van der Waals surface area contributed by atoms with Gasteiger partial charge in [0.25, 0.3) is 0 Å². The standard InChI is InChI=1S/C43H80N2O5S/c1-5-9-11-13-15-17-19-25-32-42(47)49-37-29-23-21-27-35-45(41(46)40-51-39-31-34-44(7-3)8-4)36-28-22-24-30-38-50-43(48)33-26-20-18-16-14-12-10-6-2/h17-20H,5-16,21-40H2,1-4H3/b19-17-,20-18-. The third kappa shape index (κ3) is 35.0. The van der Waals surface area contributed by atoms with Crippen LogP contribution in [0.1, 0.15) is 175 Å². The number of nitrogens with zero attached hydrogens (tertiary/aromatic N) is 2. The Kier molecular flexibility index (Phi) is 38.0. The maximum atomic E-state index is 13.2. The van der Waals surface area contributed by atoms with E-state index in [4.69, 9.17) is 9.47 Å². The fraction of sp³-hybridized carbons (Fsp3) is 0.837. The van der Waals surface area contributed by atoms with Crippen molar-refractivity contribution in [1.82, 2.24) is 9.80 Å². The SMILES string of the molecule is CCCCCC/C=C\CCC(=O)OCCCCCCN(CCCCCCOC(=O)CC/C=C\CCCCCC)C(=O)CSCCCN(CC)CC. The summed E-state index contributed by atoms with van der Waals surface area (Å²) in [6.07, 6.45) is 32.2. The summed E-state index contributed by atoms with van der Waals surface area (Å²) in [5.74, 6) is 1.60. The van der Waals surface area contributed by atoms with E-state index in [0.717, 1.165) is 122 Å². The molecule has 0 unspecified atom stereocenters. The number of thioether (sulfide) groups is 1. The second-order valence-electron chi connectivity index (χ2n) is 13.8. The molecule has 0 aromatic carbocycles. The summed E-state index contributed by atoms with van der Waals surface area (Å²) in [4.78, 5) is 41.7. The number of carbonyl (C=O) groups is 3. The molecule has 0 rings (SSSR count). The van der Waals surface area contributed by atoms with Crippen LogP contribution >= 0.6 is 11.8 Å². The smallest absolute Gasteiger partial charge is 0.306 e. The Morgan fingerprint density at radius 2 is 0.961 bits per heavy atom. The first-order chi connectivity index (χ1) is 25.0. The maximum Gasteiger partial charge on any atom is 0.306 e. The molecule has 0 aromatic heterocycles. The number of esters is 2.